The molecule has 1 saturated carbocycles. The van der Waals surface area contributed by atoms with E-state index >= 15 is 0 Å². The minimum atomic E-state index is -0.790. The number of rotatable bonds is 2. The second-order valence-electron chi connectivity index (χ2n) is 4.30. The molecule has 0 unspecified atom stereocenters. The van der Waals surface area contributed by atoms with Gasteiger partial charge in [-0.1, -0.05) is 0 Å². The maximum Gasteiger partial charge on any atom is 0.352 e. The molecule has 1 aromatic heterocycles. The van der Waals surface area contributed by atoms with Gasteiger partial charge in [0.15, 0.2) is 0 Å². The number of carboxylic acid groups (broad SMARTS) is 1. The van der Waals surface area contributed by atoms with E-state index in [0.29, 0.717) is 11.6 Å². The summed E-state index contributed by atoms with van der Waals surface area (Å²) >= 11 is 0. The van der Waals surface area contributed by atoms with Crippen LogP contribution in [0.2, 0.25) is 0 Å². The van der Waals surface area contributed by atoms with Gasteiger partial charge < -0.3 is 10.1 Å². The fourth-order valence-corrected chi connectivity index (χ4v) is 2.54. The van der Waals surface area contributed by atoms with Crippen LogP contribution in [-0.2, 0) is 12.8 Å². The zero-order chi connectivity index (χ0) is 9.71. The smallest absolute Gasteiger partial charge is 0.352 e. The van der Waals surface area contributed by atoms with Crippen LogP contribution in [0.1, 0.15) is 52.5 Å². The molecule has 74 valence electrons. The van der Waals surface area contributed by atoms with Crippen molar-refractivity contribution in [3.63, 3.8) is 0 Å². The van der Waals surface area contributed by atoms with Gasteiger partial charge >= 0.3 is 5.97 Å². The largest absolute Gasteiger partial charge is 0.477 e. The number of carbonyl (C=O) groups is 1. The summed E-state index contributed by atoms with van der Waals surface area (Å²) in [5.41, 5.74) is 4.11. The van der Waals surface area contributed by atoms with Gasteiger partial charge in [-0.25, -0.2) is 4.79 Å². The molecule has 0 amide bonds. The first-order chi connectivity index (χ1) is 6.77. The van der Waals surface area contributed by atoms with Crippen LogP contribution in [-0.4, -0.2) is 16.1 Å². The molecule has 2 N–H and O–H groups in total. The Morgan fingerprint density at radius 3 is 2.79 bits per heavy atom. The first-order valence-corrected chi connectivity index (χ1v) is 5.24. The normalized spacial score (nSPS) is 19.7. The van der Waals surface area contributed by atoms with Crippen molar-refractivity contribution in [2.45, 2.75) is 38.0 Å². The lowest BCUT2D eigenvalue weighted by Crippen LogP contribution is -2.02. The molecule has 3 heteroatoms. The summed E-state index contributed by atoms with van der Waals surface area (Å²) in [6.07, 6.45) is 5.63. The van der Waals surface area contributed by atoms with E-state index in [4.69, 9.17) is 5.11 Å². The molecule has 14 heavy (non-hydrogen) atoms. The van der Waals surface area contributed by atoms with Crippen molar-refractivity contribution in [1.29, 1.82) is 0 Å². The number of aromatic nitrogens is 1. The molecule has 0 radical (unpaired) electrons. The second kappa shape index (κ2) is 2.62. The van der Waals surface area contributed by atoms with Crippen LogP contribution in [0.3, 0.4) is 0 Å². The van der Waals surface area contributed by atoms with Gasteiger partial charge in [0, 0.05) is 5.69 Å². The van der Waals surface area contributed by atoms with E-state index in [0.717, 1.165) is 18.4 Å². The van der Waals surface area contributed by atoms with Crippen molar-refractivity contribution in [1.82, 2.24) is 4.98 Å². The van der Waals surface area contributed by atoms with Gasteiger partial charge in [-0.2, -0.15) is 0 Å². The molecule has 0 aliphatic heterocycles. The Hall–Kier alpha value is -1.25. The van der Waals surface area contributed by atoms with Gasteiger partial charge in [-0.3, -0.25) is 0 Å². The van der Waals surface area contributed by atoms with Crippen molar-refractivity contribution in [3.8, 4) is 0 Å². The highest BCUT2D eigenvalue weighted by Gasteiger charge is 2.34. The summed E-state index contributed by atoms with van der Waals surface area (Å²) < 4.78 is 0. The van der Waals surface area contributed by atoms with Crippen molar-refractivity contribution in [2.24, 2.45) is 0 Å². The highest BCUT2D eigenvalue weighted by atomic mass is 16.4. The highest BCUT2D eigenvalue weighted by Crippen LogP contribution is 2.46. The number of aromatic carboxylic acids is 1. The summed E-state index contributed by atoms with van der Waals surface area (Å²) in [6, 6.07) is 0. The number of hydrogen-bond donors (Lipinski definition) is 2. The van der Waals surface area contributed by atoms with Gasteiger partial charge in [0.05, 0.1) is 0 Å². The quantitative estimate of drug-likeness (QED) is 0.752. The molecule has 0 aromatic carbocycles. The summed E-state index contributed by atoms with van der Waals surface area (Å²) in [4.78, 5) is 14.1. The van der Waals surface area contributed by atoms with Crippen molar-refractivity contribution in [2.75, 3.05) is 0 Å². The Labute approximate surface area is 82.1 Å². The molecule has 0 saturated heterocycles. The molecule has 1 fully saturated rings. The topological polar surface area (TPSA) is 53.1 Å². The third kappa shape index (κ3) is 1.01. The van der Waals surface area contributed by atoms with E-state index in [1.807, 2.05) is 0 Å². The molecular weight excluding hydrogens is 178 g/mol. The lowest BCUT2D eigenvalue weighted by Gasteiger charge is -2.00. The van der Waals surface area contributed by atoms with Gasteiger partial charge in [0.1, 0.15) is 5.69 Å². The van der Waals surface area contributed by atoms with E-state index in [1.54, 1.807) is 0 Å². The number of carboxylic acids is 1. The fourth-order valence-electron chi connectivity index (χ4n) is 2.54. The van der Waals surface area contributed by atoms with E-state index in [1.165, 1.54) is 30.5 Å². The number of nitrogens with one attached hydrogen (secondary N) is 1. The fraction of sp³-hybridized carbons (Fsp3) is 0.545. The van der Waals surface area contributed by atoms with Crippen LogP contribution in [0.4, 0.5) is 0 Å². The standard InChI is InChI=1S/C11H13NO2/c13-11(14)10-9(6-4-5-6)7-2-1-3-8(7)12-10/h6,12H,1-5H2,(H,13,14). The van der Waals surface area contributed by atoms with Crippen molar-refractivity contribution >= 4 is 5.97 Å². The molecule has 2 aliphatic rings. The van der Waals surface area contributed by atoms with Gasteiger partial charge in [-0.15, -0.1) is 0 Å². The molecule has 3 nitrogen and oxygen atoms in total. The van der Waals surface area contributed by atoms with Crippen LogP contribution >= 0.6 is 0 Å². The van der Waals surface area contributed by atoms with Gasteiger partial charge in [0.25, 0.3) is 0 Å². The number of fused-ring (bicyclic) bond motifs is 1. The zero-order valence-corrected chi connectivity index (χ0v) is 7.97. The third-order valence-corrected chi connectivity index (χ3v) is 3.29. The van der Waals surface area contributed by atoms with E-state index in [9.17, 15) is 4.79 Å². The molecular formula is C11H13NO2. The summed E-state index contributed by atoms with van der Waals surface area (Å²) in [5.74, 6) is -0.250. The van der Waals surface area contributed by atoms with E-state index in [-0.39, 0.29) is 0 Å². The minimum Gasteiger partial charge on any atom is -0.477 e. The molecule has 1 heterocycles. The Balaban J connectivity index is 2.15. The first-order valence-electron chi connectivity index (χ1n) is 5.24. The zero-order valence-electron chi connectivity index (χ0n) is 7.97. The van der Waals surface area contributed by atoms with Crippen LogP contribution in [0.5, 0.6) is 0 Å². The average Bonchev–Trinajstić information content (AvgIpc) is 2.76. The monoisotopic (exact) mass is 191 g/mol. The van der Waals surface area contributed by atoms with E-state index in [2.05, 4.69) is 4.98 Å². The molecule has 2 aliphatic carbocycles. The molecule has 0 spiro atoms. The molecule has 1 aromatic rings. The van der Waals surface area contributed by atoms with Gasteiger partial charge in [-0.05, 0) is 49.1 Å². The Morgan fingerprint density at radius 1 is 1.36 bits per heavy atom. The molecule has 3 rings (SSSR count). The van der Waals surface area contributed by atoms with Crippen molar-refractivity contribution < 1.29 is 9.90 Å². The number of aryl methyl sites for hydroxylation is 1. The SMILES string of the molecule is O=C(O)c1[nH]c2c(c1C1CC1)CCC2. The Morgan fingerprint density at radius 2 is 2.14 bits per heavy atom. The predicted octanol–water partition coefficient (Wildman–Crippen LogP) is 2.08. The summed E-state index contributed by atoms with van der Waals surface area (Å²) in [7, 11) is 0. The molecule has 0 bridgehead atoms. The lowest BCUT2D eigenvalue weighted by molar-refractivity contribution is 0.0689. The second-order valence-corrected chi connectivity index (χ2v) is 4.30. The average molecular weight is 191 g/mol. The predicted molar refractivity (Wildman–Crippen MR) is 51.8 cm³/mol. The summed E-state index contributed by atoms with van der Waals surface area (Å²) in [5, 5.41) is 9.07. The van der Waals surface area contributed by atoms with E-state index < -0.39 is 5.97 Å². The highest BCUT2D eigenvalue weighted by molar-refractivity contribution is 5.88. The lowest BCUT2D eigenvalue weighted by atomic mass is 10.0. The van der Waals surface area contributed by atoms with Gasteiger partial charge in [0.2, 0.25) is 0 Å². The molecule has 0 atom stereocenters. The Kier molecular flexibility index (Phi) is 1.52. The third-order valence-electron chi connectivity index (χ3n) is 3.29. The van der Waals surface area contributed by atoms with Crippen LogP contribution in [0.15, 0.2) is 0 Å². The maximum absolute atomic E-state index is 11.0. The minimum absolute atomic E-state index is 0.470. The van der Waals surface area contributed by atoms with Crippen LogP contribution in [0.25, 0.3) is 0 Å². The van der Waals surface area contributed by atoms with Crippen LogP contribution in [0, 0.1) is 0 Å². The first kappa shape index (κ1) is 8.09. The number of aromatic amines is 1. The van der Waals surface area contributed by atoms with Crippen molar-refractivity contribution in [3.05, 3.63) is 22.5 Å². The summed E-state index contributed by atoms with van der Waals surface area (Å²) in [6.45, 7) is 0. The number of hydrogen-bond acceptors (Lipinski definition) is 1. The number of H-pyrrole nitrogens is 1. The maximum atomic E-state index is 11.0. The van der Waals surface area contributed by atoms with Crippen LogP contribution < -0.4 is 0 Å². The Bertz CT molecular complexity index is 402.